The molecule has 0 amide bonds. The van der Waals surface area contributed by atoms with Gasteiger partial charge in [0.2, 0.25) is 0 Å². The van der Waals surface area contributed by atoms with Crippen molar-refractivity contribution in [2.75, 3.05) is 0 Å². The summed E-state index contributed by atoms with van der Waals surface area (Å²) in [5.41, 5.74) is 0.865. The van der Waals surface area contributed by atoms with E-state index < -0.39 is 0 Å². The molecule has 2 nitrogen and oxygen atoms in total. The van der Waals surface area contributed by atoms with E-state index in [1.54, 1.807) is 6.20 Å². The number of halogens is 2. The number of hydrogen-bond acceptors (Lipinski definition) is 2. The minimum absolute atomic E-state index is 0.0541. The molecule has 0 aliphatic heterocycles. The Morgan fingerprint density at radius 1 is 1.70 bits per heavy atom. The van der Waals surface area contributed by atoms with Gasteiger partial charge in [-0.1, -0.05) is 0 Å². The average molecular weight is 314 g/mol. The van der Waals surface area contributed by atoms with Gasteiger partial charge in [0.15, 0.2) is 0 Å². The molecule has 54 valence electrons. The van der Waals surface area contributed by atoms with Gasteiger partial charge in [0.25, 0.3) is 0 Å². The SMILES string of the molecule is OCc1cnc(Br)cc1I. The Morgan fingerprint density at radius 2 is 2.40 bits per heavy atom. The largest absolute Gasteiger partial charge is 0.392 e. The molecular weight excluding hydrogens is 309 g/mol. The van der Waals surface area contributed by atoms with Crippen LogP contribution in [-0.4, -0.2) is 10.1 Å². The van der Waals surface area contributed by atoms with Crippen LogP contribution in [0.4, 0.5) is 0 Å². The molecule has 1 aromatic heterocycles. The smallest absolute Gasteiger partial charge is 0.107 e. The number of aromatic nitrogens is 1. The van der Waals surface area contributed by atoms with Crippen molar-refractivity contribution >= 4 is 38.5 Å². The van der Waals surface area contributed by atoms with E-state index in [4.69, 9.17) is 5.11 Å². The maximum Gasteiger partial charge on any atom is 0.107 e. The van der Waals surface area contributed by atoms with Gasteiger partial charge in [-0.3, -0.25) is 0 Å². The zero-order valence-electron chi connectivity index (χ0n) is 5.01. The Bertz CT molecular complexity index is 241. The van der Waals surface area contributed by atoms with Crippen molar-refractivity contribution in [3.63, 3.8) is 0 Å². The van der Waals surface area contributed by atoms with Gasteiger partial charge in [-0.2, -0.15) is 0 Å². The molecular formula is C6H5BrINO. The van der Waals surface area contributed by atoms with E-state index >= 15 is 0 Å². The summed E-state index contributed by atoms with van der Waals surface area (Å²) in [4.78, 5) is 3.96. The predicted octanol–water partition coefficient (Wildman–Crippen LogP) is 1.94. The van der Waals surface area contributed by atoms with Crippen LogP contribution in [0.15, 0.2) is 16.9 Å². The molecule has 0 saturated heterocycles. The van der Waals surface area contributed by atoms with Crippen molar-refractivity contribution in [3.8, 4) is 0 Å². The summed E-state index contributed by atoms with van der Waals surface area (Å²) in [5.74, 6) is 0. The normalized spacial score (nSPS) is 9.90. The molecule has 0 aliphatic carbocycles. The van der Waals surface area contributed by atoms with Crippen molar-refractivity contribution in [1.29, 1.82) is 0 Å². The summed E-state index contributed by atoms with van der Waals surface area (Å²) >= 11 is 5.38. The molecule has 0 fully saturated rings. The number of nitrogens with zero attached hydrogens (tertiary/aromatic N) is 1. The Morgan fingerprint density at radius 3 is 2.90 bits per heavy atom. The molecule has 0 aliphatic rings. The first-order chi connectivity index (χ1) is 4.74. The summed E-state index contributed by atoms with van der Waals surface area (Å²) in [6, 6.07) is 1.87. The van der Waals surface area contributed by atoms with Gasteiger partial charge in [0, 0.05) is 15.3 Å². The van der Waals surface area contributed by atoms with Crippen molar-refractivity contribution in [2.24, 2.45) is 0 Å². The molecule has 0 saturated carbocycles. The maximum absolute atomic E-state index is 8.75. The third-order valence-corrected chi connectivity index (χ3v) is 2.50. The molecule has 1 heterocycles. The van der Waals surface area contributed by atoms with Crippen LogP contribution in [-0.2, 0) is 6.61 Å². The van der Waals surface area contributed by atoms with Gasteiger partial charge in [-0.15, -0.1) is 0 Å². The summed E-state index contributed by atoms with van der Waals surface area (Å²) in [6.07, 6.45) is 1.66. The van der Waals surface area contributed by atoms with E-state index in [0.29, 0.717) is 0 Å². The molecule has 0 bridgehead atoms. The Hall–Kier alpha value is 0.320. The molecule has 1 aromatic rings. The first kappa shape index (κ1) is 8.42. The minimum Gasteiger partial charge on any atom is -0.392 e. The molecule has 0 unspecified atom stereocenters. The zero-order chi connectivity index (χ0) is 7.56. The predicted molar refractivity (Wildman–Crippen MR) is 50.6 cm³/mol. The van der Waals surface area contributed by atoms with Gasteiger partial charge < -0.3 is 5.11 Å². The van der Waals surface area contributed by atoms with E-state index in [0.717, 1.165) is 13.7 Å². The fourth-order valence-electron chi connectivity index (χ4n) is 0.552. The van der Waals surface area contributed by atoms with Crippen molar-refractivity contribution in [1.82, 2.24) is 4.98 Å². The molecule has 10 heavy (non-hydrogen) atoms. The van der Waals surface area contributed by atoms with Crippen molar-refractivity contribution in [2.45, 2.75) is 6.61 Å². The van der Waals surface area contributed by atoms with E-state index in [1.807, 2.05) is 6.07 Å². The minimum atomic E-state index is 0.0541. The molecule has 0 radical (unpaired) electrons. The summed E-state index contributed by atoms with van der Waals surface area (Å²) in [7, 11) is 0. The molecule has 0 atom stereocenters. The highest BCUT2D eigenvalue weighted by atomic mass is 127. The Balaban J connectivity index is 3.07. The fraction of sp³-hybridized carbons (Fsp3) is 0.167. The molecule has 0 spiro atoms. The number of aliphatic hydroxyl groups excluding tert-OH is 1. The number of aliphatic hydroxyl groups is 1. The second kappa shape index (κ2) is 3.64. The maximum atomic E-state index is 8.75. The van der Waals surface area contributed by atoms with E-state index in [-0.39, 0.29) is 6.61 Å². The second-order valence-corrected chi connectivity index (χ2v) is 3.73. The van der Waals surface area contributed by atoms with Crippen LogP contribution in [0.1, 0.15) is 5.56 Å². The zero-order valence-corrected chi connectivity index (χ0v) is 8.76. The summed E-state index contributed by atoms with van der Waals surface area (Å²) < 4.78 is 1.83. The summed E-state index contributed by atoms with van der Waals surface area (Å²) in [6.45, 7) is 0.0541. The van der Waals surface area contributed by atoms with Gasteiger partial charge in [0.05, 0.1) is 6.61 Å². The quantitative estimate of drug-likeness (QED) is 0.635. The third-order valence-electron chi connectivity index (χ3n) is 1.07. The summed E-state index contributed by atoms with van der Waals surface area (Å²) in [5, 5.41) is 8.75. The topological polar surface area (TPSA) is 33.1 Å². The number of rotatable bonds is 1. The molecule has 4 heteroatoms. The monoisotopic (exact) mass is 313 g/mol. The standard InChI is InChI=1S/C6H5BrINO/c7-6-1-5(8)4(3-10)2-9-6/h1-2,10H,3H2. The van der Waals surface area contributed by atoms with Crippen LogP contribution in [0, 0.1) is 3.57 Å². The van der Waals surface area contributed by atoms with Gasteiger partial charge in [0.1, 0.15) is 4.60 Å². The molecule has 0 aromatic carbocycles. The lowest BCUT2D eigenvalue weighted by molar-refractivity contribution is 0.280. The van der Waals surface area contributed by atoms with Gasteiger partial charge in [-0.05, 0) is 44.6 Å². The van der Waals surface area contributed by atoms with E-state index in [2.05, 4.69) is 43.5 Å². The highest BCUT2D eigenvalue weighted by Crippen LogP contribution is 2.15. The van der Waals surface area contributed by atoms with Crippen LogP contribution < -0.4 is 0 Å². The fourth-order valence-corrected chi connectivity index (χ4v) is 1.92. The highest BCUT2D eigenvalue weighted by Gasteiger charge is 1.98. The molecule has 1 rings (SSSR count). The number of hydrogen-bond donors (Lipinski definition) is 1. The van der Waals surface area contributed by atoms with Crippen molar-refractivity contribution in [3.05, 3.63) is 26.0 Å². The highest BCUT2D eigenvalue weighted by molar-refractivity contribution is 14.1. The number of pyridine rings is 1. The Kier molecular flexibility index (Phi) is 3.06. The van der Waals surface area contributed by atoms with Crippen LogP contribution in [0.25, 0.3) is 0 Å². The lowest BCUT2D eigenvalue weighted by Gasteiger charge is -1.98. The average Bonchev–Trinajstić information content (AvgIpc) is 1.88. The first-order valence-electron chi connectivity index (χ1n) is 2.65. The first-order valence-corrected chi connectivity index (χ1v) is 4.52. The Labute approximate surface area is 80.9 Å². The molecule has 1 N–H and O–H groups in total. The van der Waals surface area contributed by atoms with E-state index in [1.165, 1.54) is 0 Å². The van der Waals surface area contributed by atoms with Crippen LogP contribution in [0.3, 0.4) is 0 Å². The van der Waals surface area contributed by atoms with Gasteiger partial charge >= 0.3 is 0 Å². The van der Waals surface area contributed by atoms with E-state index in [9.17, 15) is 0 Å². The second-order valence-electron chi connectivity index (χ2n) is 1.76. The van der Waals surface area contributed by atoms with Crippen molar-refractivity contribution < 1.29 is 5.11 Å². The lowest BCUT2D eigenvalue weighted by atomic mass is 10.3. The van der Waals surface area contributed by atoms with Crippen LogP contribution in [0.2, 0.25) is 0 Å². The van der Waals surface area contributed by atoms with Gasteiger partial charge in [-0.25, -0.2) is 4.98 Å². The third kappa shape index (κ3) is 1.90. The van der Waals surface area contributed by atoms with Crippen LogP contribution in [0.5, 0.6) is 0 Å². The lowest BCUT2D eigenvalue weighted by Crippen LogP contribution is -1.89. The van der Waals surface area contributed by atoms with Crippen LogP contribution >= 0.6 is 38.5 Å².